The van der Waals surface area contributed by atoms with Crippen LogP contribution in [0.3, 0.4) is 0 Å². The van der Waals surface area contributed by atoms with Crippen LogP contribution >= 0.6 is 11.8 Å². The minimum absolute atomic E-state index is 0.151. The third-order valence-corrected chi connectivity index (χ3v) is 6.65. The Morgan fingerprint density at radius 2 is 1.76 bits per heavy atom. The summed E-state index contributed by atoms with van der Waals surface area (Å²) in [5, 5.41) is 14.4. The van der Waals surface area contributed by atoms with Crippen molar-refractivity contribution >= 4 is 47.0 Å². The molecule has 1 saturated heterocycles. The fourth-order valence-corrected chi connectivity index (χ4v) is 4.61. The number of nitrogens with one attached hydrogen (secondary N) is 3. The molecule has 3 N–H and O–H groups in total. The van der Waals surface area contributed by atoms with Crippen LogP contribution in [0, 0.1) is 19.8 Å². The van der Waals surface area contributed by atoms with Gasteiger partial charge in [-0.05, 0) is 76.6 Å². The van der Waals surface area contributed by atoms with Gasteiger partial charge in [0.25, 0.3) is 0 Å². The topological polar surface area (TPSA) is 116 Å². The number of aromatic nitrogens is 4. The maximum Gasteiger partial charge on any atom is 0.196 e. The molecule has 2 aromatic heterocycles. The molecule has 0 unspecified atom stereocenters. The average Bonchev–Trinajstić information content (AvgIpc) is 3.32. The van der Waals surface area contributed by atoms with E-state index in [9.17, 15) is 4.79 Å². The van der Waals surface area contributed by atoms with E-state index in [-0.39, 0.29) is 11.7 Å². The number of piperidine rings is 1. The zero-order valence-electron chi connectivity index (χ0n) is 22.9. The van der Waals surface area contributed by atoms with Gasteiger partial charge in [-0.1, -0.05) is 13.8 Å². The number of H-pyrrole nitrogens is 1. The van der Waals surface area contributed by atoms with Crippen molar-refractivity contribution in [2.75, 3.05) is 35.7 Å². The van der Waals surface area contributed by atoms with Gasteiger partial charge in [-0.25, -0.2) is 9.97 Å². The zero-order chi connectivity index (χ0) is 27.4. The largest absolute Gasteiger partial charge is 0.388 e. The van der Waals surface area contributed by atoms with Crippen molar-refractivity contribution in [3.8, 4) is 0 Å². The normalized spacial score (nSPS) is 13.0. The molecule has 3 aromatic rings. The molecule has 1 aliphatic heterocycles. The van der Waals surface area contributed by atoms with E-state index in [0.717, 1.165) is 71.5 Å². The highest BCUT2D eigenvalue weighted by Gasteiger charge is 2.25. The molecule has 0 amide bonds. The predicted octanol–water partition coefficient (Wildman–Crippen LogP) is 5.79. The van der Waals surface area contributed by atoms with Crippen LogP contribution in [0.2, 0.25) is 0 Å². The van der Waals surface area contributed by atoms with Crippen molar-refractivity contribution in [1.29, 1.82) is 0 Å². The minimum Gasteiger partial charge on any atom is -0.388 e. The monoisotopic (exact) mass is 525 g/mol. The Morgan fingerprint density at radius 1 is 1.14 bits per heavy atom. The molecular formula is C27H39N7O2S. The highest BCUT2D eigenvalue weighted by molar-refractivity contribution is 7.99. The van der Waals surface area contributed by atoms with E-state index in [4.69, 9.17) is 14.8 Å². The van der Waals surface area contributed by atoms with Gasteiger partial charge in [0.15, 0.2) is 11.0 Å². The number of benzene rings is 1. The molecular weight excluding hydrogens is 486 g/mol. The molecule has 0 radical (unpaired) electrons. The van der Waals surface area contributed by atoms with Gasteiger partial charge in [-0.3, -0.25) is 9.89 Å². The van der Waals surface area contributed by atoms with Crippen LogP contribution in [0.15, 0.2) is 40.4 Å². The van der Waals surface area contributed by atoms with Gasteiger partial charge in [0, 0.05) is 54.0 Å². The van der Waals surface area contributed by atoms with Crippen LogP contribution in [0.25, 0.3) is 0 Å². The van der Waals surface area contributed by atoms with Crippen LogP contribution in [-0.4, -0.2) is 52.4 Å². The van der Waals surface area contributed by atoms with E-state index in [1.807, 2.05) is 52.9 Å². The number of aldehydes is 1. The summed E-state index contributed by atoms with van der Waals surface area (Å²) in [7, 11) is 1.90. The summed E-state index contributed by atoms with van der Waals surface area (Å²) >= 11 is 1.53. The molecule has 1 aromatic carbocycles. The first-order valence-corrected chi connectivity index (χ1v) is 13.4. The fraction of sp³-hybridized carbons (Fsp3) is 0.444. The Kier molecular flexibility index (Phi) is 12.1. The molecule has 9 nitrogen and oxygen atoms in total. The average molecular weight is 526 g/mol. The maximum absolute atomic E-state index is 11.8. The summed E-state index contributed by atoms with van der Waals surface area (Å²) in [6, 6.07) is 10.1. The number of aryl methyl sites for hydroxylation is 1. The first-order valence-electron chi connectivity index (χ1n) is 12.6. The van der Waals surface area contributed by atoms with Crippen molar-refractivity contribution in [2.24, 2.45) is 5.92 Å². The van der Waals surface area contributed by atoms with E-state index in [2.05, 4.69) is 37.9 Å². The number of ketones is 1. The second-order valence-corrected chi connectivity index (χ2v) is 9.39. The number of Topliss-reactive ketones (excluding diaryl/α,β-unsaturated/α-hetero) is 1. The number of hydrogen-bond donors (Lipinski definition) is 3. The number of rotatable bonds is 7. The maximum atomic E-state index is 11.8. The molecule has 0 spiro atoms. The number of carbonyl (C=O) groups is 2. The first kappa shape index (κ1) is 29.8. The van der Waals surface area contributed by atoms with Crippen LogP contribution < -0.4 is 15.5 Å². The Labute approximate surface area is 224 Å². The molecule has 10 heteroatoms. The molecule has 200 valence electrons. The Balaban J connectivity index is 0.000000898. The standard InChI is InChI=1S/C23H29N7OS.C2H4O.C2H6/c1-14-13-20(29-28-14)25-21-15(2)22(30-11-9-17(10-12-30)16(3)31)27-23(26-21)32-19-7-5-18(24-4)6-8-19;1-2-3;1-2/h5-8,13,17,24H,9-12H2,1-4H3,(H2,25,26,27,28,29);2H,1H3;1-2H3. The van der Waals surface area contributed by atoms with E-state index >= 15 is 0 Å². The molecule has 3 heterocycles. The van der Waals surface area contributed by atoms with Crippen molar-refractivity contribution in [2.45, 2.75) is 64.4 Å². The van der Waals surface area contributed by atoms with Crippen molar-refractivity contribution < 1.29 is 9.59 Å². The van der Waals surface area contributed by atoms with Gasteiger partial charge in [0.05, 0.1) is 0 Å². The summed E-state index contributed by atoms with van der Waals surface area (Å²) in [5.41, 5.74) is 3.01. The van der Waals surface area contributed by atoms with Gasteiger partial charge in [0.1, 0.15) is 23.7 Å². The van der Waals surface area contributed by atoms with Crippen molar-refractivity contribution in [1.82, 2.24) is 20.2 Å². The van der Waals surface area contributed by atoms with Crippen LogP contribution in [0.4, 0.5) is 23.1 Å². The summed E-state index contributed by atoms with van der Waals surface area (Å²) in [6.07, 6.45) is 2.46. The molecule has 0 atom stereocenters. The summed E-state index contributed by atoms with van der Waals surface area (Å²) in [6.45, 7) is 12.8. The number of aromatic amines is 1. The lowest BCUT2D eigenvalue weighted by Gasteiger charge is -2.33. The molecule has 0 bridgehead atoms. The summed E-state index contributed by atoms with van der Waals surface area (Å²) in [5.74, 6) is 2.80. The molecule has 37 heavy (non-hydrogen) atoms. The Hall–Kier alpha value is -3.40. The molecule has 1 aliphatic rings. The Morgan fingerprint density at radius 3 is 2.27 bits per heavy atom. The number of hydrogen-bond acceptors (Lipinski definition) is 9. The smallest absolute Gasteiger partial charge is 0.196 e. The molecule has 4 rings (SSSR count). The minimum atomic E-state index is 0.151. The van der Waals surface area contributed by atoms with Gasteiger partial charge in [-0.15, -0.1) is 0 Å². The second kappa shape index (κ2) is 15.0. The summed E-state index contributed by atoms with van der Waals surface area (Å²) < 4.78 is 0. The third kappa shape index (κ3) is 8.59. The summed E-state index contributed by atoms with van der Waals surface area (Å²) in [4.78, 5) is 33.7. The number of nitrogens with zero attached hydrogens (tertiary/aromatic N) is 4. The van der Waals surface area contributed by atoms with Gasteiger partial charge in [0.2, 0.25) is 0 Å². The van der Waals surface area contributed by atoms with Gasteiger partial charge in [-0.2, -0.15) is 5.10 Å². The van der Waals surface area contributed by atoms with Gasteiger partial charge >= 0.3 is 0 Å². The van der Waals surface area contributed by atoms with E-state index in [0.29, 0.717) is 5.16 Å². The lowest BCUT2D eigenvalue weighted by atomic mass is 9.93. The Bertz CT molecular complexity index is 1140. The molecule has 0 saturated carbocycles. The highest BCUT2D eigenvalue weighted by atomic mass is 32.2. The van der Waals surface area contributed by atoms with E-state index in [1.165, 1.54) is 18.7 Å². The molecule has 1 fully saturated rings. The quantitative estimate of drug-likeness (QED) is 0.260. The second-order valence-electron chi connectivity index (χ2n) is 8.35. The lowest BCUT2D eigenvalue weighted by Crippen LogP contribution is -2.37. The van der Waals surface area contributed by atoms with Crippen LogP contribution in [0.1, 0.15) is 51.8 Å². The van der Waals surface area contributed by atoms with Crippen molar-refractivity contribution in [3.63, 3.8) is 0 Å². The van der Waals surface area contributed by atoms with Crippen LogP contribution in [-0.2, 0) is 9.59 Å². The zero-order valence-corrected chi connectivity index (χ0v) is 23.7. The third-order valence-electron chi connectivity index (χ3n) is 5.77. The highest BCUT2D eigenvalue weighted by Crippen LogP contribution is 2.34. The SMILES string of the molecule is CC.CC=O.CNc1ccc(Sc2nc(Nc3cc(C)[nH]n3)c(C)c(N3CCC(C(C)=O)CC3)n2)cc1. The van der Waals surface area contributed by atoms with Crippen LogP contribution in [0.5, 0.6) is 0 Å². The number of carbonyl (C=O) groups excluding carboxylic acids is 2. The van der Waals surface area contributed by atoms with E-state index in [1.54, 1.807) is 6.92 Å². The lowest BCUT2D eigenvalue weighted by molar-refractivity contribution is -0.121. The first-order chi connectivity index (χ1) is 17.8. The number of anilines is 4. The van der Waals surface area contributed by atoms with E-state index < -0.39 is 0 Å². The van der Waals surface area contributed by atoms with Gasteiger partial charge < -0.3 is 20.3 Å². The fourth-order valence-electron chi connectivity index (χ4n) is 3.86. The molecule has 0 aliphatic carbocycles. The predicted molar refractivity (Wildman–Crippen MR) is 152 cm³/mol. The van der Waals surface area contributed by atoms with Crippen molar-refractivity contribution in [3.05, 3.63) is 41.6 Å².